The van der Waals surface area contributed by atoms with E-state index in [9.17, 15) is 4.79 Å². The number of carbonyl (C=O) groups is 1. The molecule has 1 fully saturated rings. The number of rotatable bonds is 3. The third-order valence-corrected chi connectivity index (χ3v) is 3.83. The van der Waals surface area contributed by atoms with Gasteiger partial charge in [-0.3, -0.25) is 4.79 Å². The summed E-state index contributed by atoms with van der Waals surface area (Å²) in [5.41, 5.74) is 1.28. The third-order valence-electron chi connectivity index (χ3n) is 3.83. The molecule has 1 saturated carbocycles. The van der Waals surface area contributed by atoms with E-state index in [0.29, 0.717) is 11.7 Å². The molecule has 88 valence electrons. The van der Waals surface area contributed by atoms with Crippen molar-refractivity contribution in [2.45, 2.75) is 32.2 Å². The van der Waals surface area contributed by atoms with E-state index >= 15 is 0 Å². The Labute approximate surface area is 101 Å². The Morgan fingerprint density at radius 2 is 2.12 bits per heavy atom. The number of carbonyl (C=O) groups excluding carboxylic acids is 1. The van der Waals surface area contributed by atoms with Crippen LogP contribution < -0.4 is 0 Å². The summed E-state index contributed by atoms with van der Waals surface area (Å²) < 4.78 is 2.26. The highest BCUT2D eigenvalue weighted by Gasteiger charge is 2.23. The van der Waals surface area contributed by atoms with Crippen molar-refractivity contribution in [3.63, 3.8) is 0 Å². The molecule has 1 heterocycles. The van der Waals surface area contributed by atoms with Crippen molar-refractivity contribution < 1.29 is 4.79 Å². The normalized spacial score (nSPS) is 20.2. The molecule has 1 aliphatic rings. The number of Topliss-reactive ketones (excluding diaryl/α,β-unsaturated/α-hetero) is 1. The van der Waals surface area contributed by atoms with Crippen LogP contribution in [0.4, 0.5) is 0 Å². The summed E-state index contributed by atoms with van der Waals surface area (Å²) in [6.45, 7) is 0.962. The monoisotopic (exact) mass is 227 g/mol. The molecule has 1 atom stereocenters. The molecule has 0 spiro atoms. The minimum Gasteiger partial charge on any atom is -0.347 e. The maximum atomic E-state index is 11.6. The van der Waals surface area contributed by atoms with Crippen molar-refractivity contribution in [2.75, 3.05) is 0 Å². The molecule has 0 saturated heterocycles. The van der Waals surface area contributed by atoms with Crippen LogP contribution in [-0.4, -0.2) is 10.4 Å². The van der Waals surface area contributed by atoms with Crippen LogP contribution >= 0.6 is 0 Å². The Morgan fingerprint density at radius 3 is 2.94 bits per heavy atom. The molecule has 1 aromatic heterocycles. The molecule has 2 aromatic rings. The highest BCUT2D eigenvalue weighted by molar-refractivity contribution is 5.83. The molecule has 0 bridgehead atoms. The van der Waals surface area contributed by atoms with Gasteiger partial charge in [-0.25, -0.2) is 0 Å². The van der Waals surface area contributed by atoms with Crippen LogP contribution in [0.3, 0.4) is 0 Å². The quantitative estimate of drug-likeness (QED) is 0.787. The molecule has 17 heavy (non-hydrogen) atoms. The smallest absolute Gasteiger partial charge is 0.136 e. The Balaban J connectivity index is 1.74. The van der Waals surface area contributed by atoms with E-state index in [1.165, 1.54) is 10.9 Å². The highest BCUT2D eigenvalue weighted by atomic mass is 16.1. The fourth-order valence-corrected chi connectivity index (χ4v) is 2.82. The van der Waals surface area contributed by atoms with Gasteiger partial charge in [-0.1, -0.05) is 18.2 Å². The van der Waals surface area contributed by atoms with Crippen molar-refractivity contribution in [1.82, 2.24) is 4.57 Å². The summed E-state index contributed by atoms with van der Waals surface area (Å²) in [6.07, 6.45) is 6.12. The van der Waals surface area contributed by atoms with Gasteiger partial charge in [-0.05, 0) is 36.8 Å². The Morgan fingerprint density at radius 1 is 1.24 bits per heavy atom. The van der Waals surface area contributed by atoms with Crippen LogP contribution in [0.25, 0.3) is 10.9 Å². The largest absolute Gasteiger partial charge is 0.347 e. The van der Waals surface area contributed by atoms with Gasteiger partial charge < -0.3 is 4.57 Å². The number of nitrogens with zero attached hydrogens (tertiary/aromatic N) is 1. The molecular weight excluding hydrogens is 210 g/mol. The summed E-state index contributed by atoms with van der Waals surface area (Å²) >= 11 is 0. The predicted molar refractivity (Wildman–Crippen MR) is 68.9 cm³/mol. The molecule has 3 rings (SSSR count). The van der Waals surface area contributed by atoms with Gasteiger partial charge in [0, 0.05) is 30.6 Å². The first kappa shape index (κ1) is 10.6. The molecular formula is C15H17NO. The lowest BCUT2D eigenvalue weighted by Gasteiger charge is -2.09. The summed E-state index contributed by atoms with van der Waals surface area (Å²) in [5.74, 6) is 0.789. The Bertz CT molecular complexity index is 541. The number of hydrogen-bond donors (Lipinski definition) is 0. The van der Waals surface area contributed by atoms with Crippen LogP contribution in [0.15, 0.2) is 36.5 Å². The average molecular weight is 227 g/mol. The van der Waals surface area contributed by atoms with Gasteiger partial charge in [-0.2, -0.15) is 0 Å². The fourth-order valence-electron chi connectivity index (χ4n) is 2.82. The molecule has 1 unspecified atom stereocenters. The van der Waals surface area contributed by atoms with Gasteiger partial charge >= 0.3 is 0 Å². The van der Waals surface area contributed by atoms with Gasteiger partial charge in [0.15, 0.2) is 0 Å². The maximum absolute atomic E-state index is 11.6. The topological polar surface area (TPSA) is 22.0 Å². The van der Waals surface area contributed by atoms with Crippen molar-refractivity contribution in [3.8, 4) is 0 Å². The lowest BCUT2D eigenvalue weighted by Crippen LogP contribution is -2.09. The molecule has 2 nitrogen and oxygen atoms in total. The summed E-state index contributed by atoms with van der Waals surface area (Å²) in [6, 6.07) is 10.6. The summed E-state index contributed by atoms with van der Waals surface area (Å²) in [4.78, 5) is 11.6. The van der Waals surface area contributed by atoms with Crippen LogP contribution in [0.5, 0.6) is 0 Å². The third kappa shape index (κ3) is 1.99. The minimum atomic E-state index is 0.316. The number of ketones is 1. The Kier molecular flexibility index (Phi) is 2.71. The zero-order valence-electron chi connectivity index (χ0n) is 9.93. The average Bonchev–Trinajstić information content (AvgIpc) is 2.93. The van der Waals surface area contributed by atoms with Gasteiger partial charge in [-0.15, -0.1) is 0 Å². The molecule has 0 aliphatic heterocycles. The first-order valence-corrected chi connectivity index (χ1v) is 6.41. The predicted octanol–water partition coefficient (Wildman–Crippen LogP) is 3.40. The summed E-state index contributed by atoms with van der Waals surface area (Å²) in [7, 11) is 0. The van der Waals surface area contributed by atoms with Gasteiger partial charge in [0.2, 0.25) is 0 Å². The van der Waals surface area contributed by atoms with E-state index < -0.39 is 0 Å². The van der Waals surface area contributed by atoms with Gasteiger partial charge in [0.05, 0.1) is 0 Å². The second-order valence-corrected chi connectivity index (χ2v) is 4.91. The zero-order valence-corrected chi connectivity index (χ0v) is 9.93. The highest BCUT2D eigenvalue weighted by Crippen LogP contribution is 2.25. The maximum Gasteiger partial charge on any atom is 0.136 e. The summed E-state index contributed by atoms with van der Waals surface area (Å²) in [5, 5.41) is 1.28. The SMILES string of the molecule is O=C1CCCC1CCn1ccc2ccccc21. The van der Waals surface area contributed by atoms with Crippen LogP contribution in [0.2, 0.25) is 0 Å². The second-order valence-electron chi connectivity index (χ2n) is 4.91. The van der Waals surface area contributed by atoms with E-state index in [2.05, 4.69) is 41.1 Å². The minimum absolute atomic E-state index is 0.316. The first-order valence-electron chi connectivity index (χ1n) is 6.41. The van der Waals surface area contributed by atoms with Crippen molar-refractivity contribution in [1.29, 1.82) is 0 Å². The number of fused-ring (bicyclic) bond motifs is 1. The lowest BCUT2D eigenvalue weighted by molar-refractivity contribution is -0.120. The van der Waals surface area contributed by atoms with E-state index in [4.69, 9.17) is 0 Å². The number of aromatic nitrogens is 1. The van der Waals surface area contributed by atoms with Gasteiger partial charge in [0.25, 0.3) is 0 Å². The van der Waals surface area contributed by atoms with E-state index in [1.54, 1.807) is 0 Å². The standard InChI is InChI=1S/C15H17NO/c17-15-7-3-5-13(15)9-11-16-10-8-12-4-1-2-6-14(12)16/h1-2,4,6,8,10,13H,3,5,7,9,11H2. The zero-order chi connectivity index (χ0) is 11.7. The van der Waals surface area contributed by atoms with E-state index in [-0.39, 0.29) is 0 Å². The van der Waals surface area contributed by atoms with Gasteiger partial charge in [0.1, 0.15) is 5.78 Å². The first-order chi connectivity index (χ1) is 8.34. The van der Waals surface area contributed by atoms with Crippen LogP contribution in [0.1, 0.15) is 25.7 Å². The number of benzene rings is 1. The molecule has 0 N–H and O–H groups in total. The number of aryl methyl sites for hydroxylation is 1. The van der Waals surface area contributed by atoms with E-state index in [1.807, 2.05) is 0 Å². The van der Waals surface area contributed by atoms with Crippen molar-refractivity contribution in [3.05, 3.63) is 36.5 Å². The molecule has 1 aromatic carbocycles. The van der Waals surface area contributed by atoms with E-state index in [0.717, 1.165) is 32.2 Å². The second kappa shape index (κ2) is 4.36. The molecule has 0 amide bonds. The number of para-hydroxylation sites is 1. The van der Waals surface area contributed by atoms with Crippen LogP contribution in [-0.2, 0) is 11.3 Å². The number of hydrogen-bond acceptors (Lipinski definition) is 1. The van der Waals surface area contributed by atoms with Crippen molar-refractivity contribution in [2.24, 2.45) is 5.92 Å². The molecule has 2 heteroatoms. The Hall–Kier alpha value is -1.57. The molecule has 0 radical (unpaired) electrons. The lowest BCUT2D eigenvalue weighted by atomic mass is 10.0. The fraction of sp³-hybridized carbons (Fsp3) is 0.400. The van der Waals surface area contributed by atoms with Crippen LogP contribution in [0, 0.1) is 5.92 Å². The molecule has 1 aliphatic carbocycles. The van der Waals surface area contributed by atoms with Crippen molar-refractivity contribution >= 4 is 16.7 Å².